The predicted octanol–water partition coefficient (Wildman–Crippen LogP) is 18.8. The van der Waals surface area contributed by atoms with Crippen molar-refractivity contribution in [3.8, 4) is 0 Å². The van der Waals surface area contributed by atoms with Gasteiger partial charge < -0.3 is 14.2 Å². The number of hydrogen-bond donors (Lipinski definition) is 0. The Labute approximate surface area is 429 Å². The molecule has 0 amide bonds. The van der Waals surface area contributed by atoms with Gasteiger partial charge in [-0.2, -0.15) is 0 Å². The molecule has 0 saturated heterocycles. The Balaban J connectivity index is 4.57. The van der Waals surface area contributed by atoms with E-state index in [0.717, 1.165) is 122 Å². The maximum absolute atomic E-state index is 12.9. The third-order valence-corrected chi connectivity index (χ3v) is 11.3. The fourth-order valence-electron chi connectivity index (χ4n) is 7.12. The first-order valence-corrected chi connectivity index (χ1v) is 27.9. The van der Waals surface area contributed by atoms with E-state index in [0.29, 0.717) is 19.3 Å². The minimum absolute atomic E-state index is 0.113. The molecule has 0 N–H and O–H groups in total. The van der Waals surface area contributed by atoms with Gasteiger partial charge in [0.05, 0.1) is 0 Å². The van der Waals surface area contributed by atoms with Crippen LogP contribution in [-0.4, -0.2) is 37.2 Å². The van der Waals surface area contributed by atoms with Crippen molar-refractivity contribution in [3.05, 3.63) is 146 Å². The summed E-state index contributed by atoms with van der Waals surface area (Å²) in [6.45, 7) is 6.30. The van der Waals surface area contributed by atoms with Gasteiger partial charge in [-0.3, -0.25) is 14.4 Å². The van der Waals surface area contributed by atoms with Crippen molar-refractivity contribution in [1.29, 1.82) is 0 Å². The highest BCUT2D eigenvalue weighted by molar-refractivity contribution is 5.71. The number of hydrogen-bond acceptors (Lipinski definition) is 6. The van der Waals surface area contributed by atoms with Crippen LogP contribution in [-0.2, 0) is 28.6 Å². The zero-order valence-corrected chi connectivity index (χ0v) is 44.7. The summed E-state index contributed by atoms with van der Waals surface area (Å²) in [6, 6.07) is 0. The number of esters is 3. The van der Waals surface area contributed by atoms with Gasteiger partial charge in [0, 0.05) is 19.3 Å². The van der Waals surface area contributed by atoms with Crippen molar-refractivity contribution in [2.45, 2.75) is 226 Å². The second kappa shape index (κ2) is 56.9. The van der Waals surface area contributed by atoms with Crippen LogP contribution in [0.5, 0.6) is 0 Å². The molecule has 0 saturated carbocycles. The van der Waals surface area contributed by atoms with Crippen LogP contribution in [0.2, 0.25) is 0 Å². The molecule has 0 radical (unpaired) electrons. The summed E-state index contributed by atoms with van der Waals surface area (Å²) in [7, 11) is 0. The zero-order valence-electron chi connectivity index (χ0n) is 44.7. The van der Waals surface area contributed by atoms with Crippen LogP contribution in [0.4, 0.5) is 0 Å². The summed E-state index contributed by atoms with van der Waals surface area (Å²) in [4.78, 5) is 38.1. The summed E-state index contributed by atoms with van der Waals surface area (Å²) in [5.74, 6) is -0.995. The van der Waals surface area contributed by atoms with Gasteiger partial charge in [-0.1, -0.05) is 244 Å². The molecule has 0 bridgehead atoms. The van der Waals surface area contributed by atoms with Crippen LogP contribution < -0.4 is 0 Å². The standard InChI is InChI=1S/C64H100O6/c1-4-7-10-13-16-19-22-25-28-30-32-34-36-39-42-45-48-51-54-57-63(66)69-60-61(59-68-62(65)56-53-50-47-44-41-38-27-24-21-18-15-12-9-6-3)70-64(67)58-55-52-49-46-43-40-37-35-33-31-29-26-23-20-17-14-11-8-5-2/h7-8,10-11,13,16-17,19-20,22,25-26,28-30,32-36,38-39,41-42,61H,4-6,9,12,14-15,18,21,23-24,27,31,37,40,43-60H2,1-3H3/b10-7-,11-8-,16-13-,20-17-,22-19-,28-25-,29-26-,32-30+,35-33-,36-34-,41-38-,42-39-. The van der Waals surface area contributed by atoms with Crippen molar-refractivity contribution >= 4 is 17.9 Å². The molecule has 0 aliphatic carbocycles. The highest BCUT2D eigenvalue weighted by atomic mass is 16.6. The van der Waals surface area contributed by atoms with Crippen LogP contribution in [0.3, 0.4) is 0 Å². The quantitative estimate of drug-likeness (QED) is 0.0199. The van der Waals surface area contributed by atoms with Crippen LogP contribution >= 0.6 is 0 Å². The molecule has 0 aromatic heterocycles. The predicted molar refractivity (Wildman–Crippen MR) is 302 cm³/mol. The summed E-state index contributed by atoms with van der Waals surface area (Å²) < 4.78 is 16.8. The van der Waals surface area contributed by atoms with E-state index in [1.54, 1.807) is 0 Å². The number of carbonyl (C=O) groups excluding carboxylic acids is 3. The monoisotopic (exact) mass is 965 g/mol. The van der Waals surface area contributed by atoms with Crippen molar-refractivity contribution < 1.29 is 28.6 Å². The molecule has 70 heavy (non-hydrogen) atoms. The molecule has 0 spiro atoms. The minimum Gasteiger partial charge on any atom is -0.462 e. The molecule has 1 atom stereocenters. The van der Waals surface area contributed by atoms with Crippen molar-refractivity contribution in [2.75, 3.05) is 13.2 Å². The Morgan fingerprint density at radius 3 is 1.07 bits per heavy atom. The number of ether oxygens (including phenoxy) is 3. The minimum atomic E-state index is -0.818. The number of allylic oxidation sites excluding steroid dienone is 24. The van der Waals surface area contributed by atoms with E-state index >= 15 is 0 Å². The number of rotatable bonds is 48. The first-order valence-electron chi connectivity index (χ1n) is 27.9. The molecule has 6 heteroatoms. The largest absolute Gasteiger partial charge is 0.462 e. The molecular formula is C64H100O6. The van der Waals surface area contributed by atoms with E-state index in [9.17, 15) is 14.4 Å². The van der Waals surface area contributed by atoms with Gasteiger partial charge >= 0.3 is 17.9 Å². The third-order valence-electron chi connectivity index (χ3n) is 11.3. The molecule has 0 aliphatic rings. The fourth-order valence-corrected chi connectivity index (χ4v) is 7.12. The van der Waals surface area contributed by atoms with Crippen molar-refractivity contribution in [3.63, 3.8) is 0 Å². The van der Waals surface area contributed by atoms with Gasteiger partial charge in [0.25, 0.3) is 0 Å². The SMILES string of the molecule is CC\C=C/C=C\C=C/C=C\C=C\C=C/C=C\CCCCCC(=O)OCC(COC(=O)CCCCC/C=C\CCCCCCCCC)OC(=O)CCCCCCCC/C=C\C/C=C\C/C=C\C/C=C\CC. The second-order valence-electron chi connectivity index (χ2n) is 17.9. The molecule has 6 nitrogen and oxygen atoms in total. The van der Waals surface area contributed by atoms with Gasteiger partial charge in [-0.25, -0.2) is 0 Å². The lowest BCUT2D eigenvalue weighted by molar-refractivity contribution is -0.167. The summed E-state index contributed by atoms with van der Waals surface area (Å²) in [6.07, 6.45) is 81.1. The Bertz CT molecular complexity index is 1580. The van der Waals surface area contributed by atoms with Crippen LogP contribution in [0.25, 0.3) is 0 Å². The maximum atomic E-state index is 12.9. The summed E-state index contributed by atoms with van der Waals surface area (Å²) in [5.41, 5.74) is 0. The summed E-state index contributed by atoms with van der Waals surface area (Å²) in [5, 5.41) is 0. The lowest BCUT2D eigenvalue weighted by Gasteiger charge is -2.18. The average molecular weight is 965 g/mol. The van der Waals surface area contributed by atoms with Gasteiger partial charge in [0.15, 0.2) is 6.10 Å². The van der Waals surface area contributed by atoms with Gasteiger partial charge in [-0.05, 0) is 103 Å². The molecule has 0 rings (SSSR count). The molecule has 0 fully saturated rings. The first kappa shape index (κ1) is 65.3. The van der Waals surface area contributed by atoms with Crippen molar-refractivity contribution in [1.82, 2.24) is 0 Å². The van der Waals surface area contributed by atoms with Gasteiger partial charge in [0.1, 0.15) is 13.2 Å². The van der Waals surface area contributed by atoms with E-state index in [1.165, 1.54) is 57.8 Å². The highest BCUT2D eigenvalue weighted by Gasteiger charge is 2.19. The Hall–Kier alpha value is -4.71. The molecule has 0 aliphatic heterocycles. The molecule has 1 unspecified atom stereocenters. The lowest BCUT2D eigenvalue weighted by Crippen LogP contribution is -2.30. The Morgan fingerprint density at radius 2 is 0.629 bits per heavy atom. The first-order chi connectivity index (χ1) is 34.5. The van der Waals surface area contributed by atoms with Gasteiger partial charge in [0.2, 0.25) is 0 Å². The lowest BCUT2D eigenvalue weighted by atomic mass is 10.1. The third kappa shape index (κ3) is 54.2. The van der Waals surface area contributed by atoms with E-state index in [4.69, 9.17) is 14.2 Å². The number of carbonyl (C=O) groups is 3. The van der Waals surface area contributed by atoms with Crippen LogP contribution in [0, 0.1) is 0 Å². The molecule has 0 heterocycles. The van der Waals surface area contributed by atoms with E-state index < -0.39 is 6.10 Å². The van der Waals surface area contributed by atoms with Crippen molar-refractivity contribution in [2.24, 2.45) is 0 Å². The normalized spacial score (nSPS) is 13.2. The maximum Gasteiger partial charge on any atom is 0.306 e. The second-order valence-corrected chi connectivity index (χ2v) is 17.9. The average Bonchev–Trinajstić information content (AvgIpc) is 3.36. The van der Waals surface area contributed by atoms with E-state index in [2.05, 4.69) is 93.7 Å². The molecule has 392 valence electrons. The van der Waals surface area contributed by atoms with Gasteiger partial charge in [-0.15, -0.1) is 0 Å². The molecule has 0 aromatic rings. The topological polar surface area (TPSA) is 78.9 Å². The Kier molecular flexibility index (Phi) is 53.0. The summed E-state index contributed by atoms with van der Waals surface area (Å²) >= 11 is 0. The smallest absolute Gasteiger partial charge is 0.306 e. The van der Waals surface area contributed by atoms with E-state index in [-0.39, 0.29) is 31.1 Å². The number of unbranched alkanes of at least 4 members (excludes halogenated alkanes) is 19. The zero-order chi connectivity index (χ0) is 50.7. The fraction of sp³-hybridized carbons (Fsp3) is 0.578. The van der Waals surface area contributed by atoms with Crippen LogP contribution in [0.15, 0.2) is 146 Å². The van der Waals surface area contributed by atoms with Crippen LogP contribution in [0.1, 0.15) is 220 Å². The highest BCUT2D eigenvalue weighted by Crippen LogP contribution is 2.13. The molecule has 0 aromatic carbocycles. The molecular weight excluding hydrogens is 865 g/mol. The Morgan fingerprint density at radius 1 is 0.314 bits per heavy atom. The van der Waals surface area contributed by atoms with E-state index in [1.807, 2.05) is 72.9 Å².